The normalized spacial score (nSPS) is 11.6. The molecule has 5 heteroatoms. The molecule has 0 bridgehead atoms. The molecule has 0 aromatic rings. The van der Waals surface area contributed by atoms with E-state index in [2.05, 4.69) is 29.5 Å². The fourth-order valence-electron chi connectivity index (χ4n) is 0.955. The second-order valence-corrected chi connectivity index (χ2v) is 3.76. The van der Waals surface area contributed by atoms with Crippen molar-refractivity contribution in [3.8, 4) is 0 Å². The Morgan fingerprint density at radius 2 is 2.07 bits per heavy atom. The molecule has 0 aromatic heterocycles. The average molecular weight is 214 g/mol. The zero-order valence-corrected chi connectivity index (χ0v) is 9.84. The zero-order valence-electron chi connectivity index (χ0n) is 9.84. The van der Waals surface area contributed by atoms with Gasteiger partial charge >= 0.3 is 0 Å². The molecular weight excluding hydrogens is 192 g/mol. The number of hydrogen-bond acceptors (Lipinski definition) is 2. The average Bonchev–Trinajstić information content (AvgIpc) is 2.14. The van der Waals surface area contributed by atoms with Gasteiger partial charge in [0.1, 0.15) is 6.54 Å². The molecule has 0 aliphatic heterocycles. The van der Waals surface area contributed by atoms with Crippen molar-refractivity contribution in [2.75, 3.05) is 19.6 Å². The molecule has 0 unspecified atom stereocenters. The van der Waals surface area contributed by atoms with E-state index < -0.39 is 0 Å². The Balaban J connectivity index is 3.64. The number of nitrogens with one attached hydrogen (secondary N) is 2. The number of amides is 1. The second kappa shape index (κ2) is 8.08. The molecule has 1 amide bonds. The van der Waals surface area contributed by atoms with Gasteiger partial charge in [0.05, 0.1) is 0 Å². The standard InChI is InChI=1S/C10H22N4O/c1-4-12-9(15)7-14-10(11)13-6-5-8(2)3/h8H,4-7H2,1-3H3,(H,12,15)(H3,11,13,14). The van der Waals surface area contributed by atoms with Crippen LogP contribution in [0.3, 0.4) is 0 Å². The Morgan fingerprint density at radius 3 is 2.60 bits per heavy atom. The third-order valence-electron chi connectivity index (χ3n) is 1.79. The number of rotatable bonds is 6. The summed E-state index contributed by atoms with van der Waals surface area (Å²) in [6, 6.07) is 0. The van der Waals surface area contributed by atoms with E-state index in [1.165, 1.54) is 0 Å². The van der Waals surface area contributed by atoms with Crippen LogP contribution in [-0.2, 0) is 4.79 Å². The summed E-state index contributed by atoms with van der Waals surface area (Å²) in [6.45, 7) is 7.66. The van der Waals surface area contributed by atoms with Crippen molar-refractivity contribution in [1.29, 1.82) is 0 Å². The maximum atomic E-state index is 11.0. The highest BCUT2D eigenvalue weighted by atomic mass is 16.1. The van der Waals surface area contributed by atoms with E-state index in [4.69, 9.17) is 5.73 Å². The number of aliphatic imine (C=N–C) groups is 1. The van der Waals surface area contributed by atoms with Crippen LogP contribution in [0.15, 0.2) is 4.99 Å². The Morgan fingerprint density at radius 1 is 1.40 bits per heavy atom. The van der Waals surface area contributed by atoms with Gasteiger partial charge in [-0.2, -0.15) is 0 Å². The Labute approximate surface area is 91.5 Å². The SMILES string of the molecule is CCNC(=O)CN=C(N)NCCC(C)C. The van der Waals surface area contributed by atoms with Crippen molar-refractivity contribution in [2.24, 2.45) is 16.6 Å². The van der Waals surface area contributed by atoms with Crippen molar-refractivity contribution in [3.63, 3.8) is 0 Å². The van der Waals surface area contributed by atoms with E-state index in [0.29, 0.717) is 18.4 Å². The quantitative estimate of drug-likeness (QED) is 0.432. The molecule has 0 saturated carbocycles. The van der Waals surface area contributed by atoms with Crippen LogP contribution in [0.4, 0.5) is 0 Å². The molecule has 15 heavy (non-hydrogen) atoms. The summed E-state index contributed by atoms with van der Waals surface area (Å²) >= 11 is 0. The van der Waals surface area contributed by atoms with Crippen LogP contribution in [0.1, 0.15) is 27.2 Å². The maximum Gasteiger partial charge on any atom is 0.241 e. The van der Waals surface area contributed by atoms with Gasteiger partial charge in [0, 0.05) is 13.1 Å². The van der Waals surface area contributed by atoms with Gasteiger partial charge in [-0.1, -0.05) is 13.8 Å². The molecule has 0 radical (unpaired) electrons. The Kier molecular flexibility index (Phi) is 7.40. The summed E-state index contributed by atoms with van der Waals surface area (Å²) in [5, 5.41) is 5.61. The Bertz CT molecular complexity index is 213. The number of guanidine groups is 1. The van der Waals surface area contributed by atoms with E-state index >= 15 is 0 Å². The highest BCUT2D eigenvalue weighted by Gasteiger charge is 1.98. The zero-order chi connectivity index (χ0) is 11.7. The van der Waals surface area contributed by atoms with Crippen molar-refractivity contribution in [1.82, 2.24) is 10.6 Å². The molecular formula is C10H22N4O. The molecule has 88 valence electrons. The number of carbonyl (C=O) groups excluding carboxylic acids is 1. The third kappa shape index (κ3) is 9.05. The van der Waals surface area contributed by atoms with E-state index in [-0.39, 0.29) is 12.5 Å². The molecule has 0 aromatic carbocycles. The fraction of sp³-hybridized carbons (Fsp3) is 0.800. The molecule has 0 rings (SSSR count). The first-order valence-electron chi connectivity index (χ1n) is 5.36. The number of nitrogens with two attached hydrogens (primary N) is 1. The molecule has 0 aliphatic carbocycles. The molecule has 5 nitrogen and oxygen atoms in total. The predicted molar refractivity (Wildman–Crippen MR) is 62.6 cm³/mol. The lowest BCUT2D eigenvalue weighted by molar-refractivity contribution is -0.119. The smallest absolute Gasteiger partial charge is 0.241 e. The minimum absolute atomic E-state index is 0.0916. The lowest BCUT2D eigenvalue weighted by Crippen LogP contribution is -2.34. The molecule has 4 N–H and O–H groups in total. The third-order valence-corrected chi connectivity index (χ3v) is 1.79. The first-order chi connectivity index (χ1) is 7.06. The highest BCUT2D eigenvalue weighted by molar-refractivity contribution is 5.83. The topological polar surface area (TPSA) is 79.5 Å². The van der Waals surface area contributed by atoms with Crippen LogP contribution in [0, 0.1) is 5.92 Å². The van der Waals surface area contributed by atoms with Gasteiger partial charge in [-0.3, -0.25) is 4.79 Å². The van der Waals surface area contributed by atoms with Gasteiger partial charge in [-0.25, -0.2) is 4.99 Å². The minimum Gasteiger partial charge on any atom is -0.370 e. The second-order valence-electron chi connectivity index (χ2n) is 3.76. The van der Waals surface area contributed by atoms with Crippen LogP contribution in [0.25, 0.3) is 0 Å². The van der Waals surface area contributed by atoms with E-state index in [0.717, 1.165) is 13.0 Å². The molecule has 0 heterocycles. The van der Waals surface area contributed by atoms with Gasteiger partial charge in [-0.15, -0.1) is 0 Å². The molecule has 0 atom stereocenters. The van der Waals surface area contributed by atoms with Crippen molar-refractivity contribution >= 4 is 11.9 Å². The van der Waals surface area contributed by atoms with Crippen LogP contribution in [0.2, 0.25) is 0 Å². The summed E-state index contributed by atoms with van der Waals surface area (Å²) in [4.78, 5) is 14.9. The summed E-state index contributed by atoms with van der Waals surface area (Å²) in [5.41, 5.74) is 5.56. The van der Waals surface area contributed by atoms with Gasteiger partial charge in [0.25, 0.3) is 0 Å². The first kappa shape index (κ1) is 13.7. The summed E-state index contributed by atoms with van der Waals surface area (Å²) < 4.78 is 0. The fourth-order valence-corrected chi connectivity index (χ4v) is 0.955. The van der Waals surface area contributed by atoms with Crippen LogP contribution >= 0.6 is 0 Å². The first-order valence-corrected chi connectivity index (χ1v) is 5.36. The van der Waals surface area contributed by atoms with E-state index in [1.807, 2.05) is 6.92 Å². The summed E-state index contributed by atoms with van der Waals surface area (Å²) in [7, 11) is 0. The number of carbonyl (C=O) groups is 1. The van der Waals surface area contributed by atoms with Gasteiger partial charge in [-0.05, 0) is 19.3 Å². The van der Waals surface area contributed by atoms with Gasteiger partial charge in [0.15, 0.2) is 5.96 Å². The Hall–Kier alpha value is -1.26. The van der Waals surface area contributed by atoms with Crippen LogP contribution in [0.5, 0.6) is 0 Å². The molecule has 0 aliphatic rings. The molecule has 0 spiro atoms. The predicted octanol–water partition coefficient (Wildman–Crippen LogP) is 0.0729. The maximum absolute atomic E-state index is 11.0. The van der Waals surface area contributed by atoms with Crippen LogP contribution < -0.4 is 16.4 Å². The summed E-state index contributed by atoms with van der Waals surface area (Å²) in [6.07, 6.45) is 1.04. The monoisotopic (exact) mass is 214 g/mol. The lowest BCUT2D eigenvalue weighted by Gasteiger charge is -2.07. The minimum atomic E-state index is -0.105. The lowest BCUT2D eigenvalue weighted by atomic mass is 10.1. The van der Waals surface area contributed by atoms with Crippen LogP contribution in [-0.4, -0.2) is 31.5 Å². The summed E-state index contributed by atoms with van der Waals surface area (Å²) in [5.74, 6) is 0.863. The number of nitrogens with zero attached hydrogens (tertiary/aromatic N) is 1. The molecule has 0 saturated heterocycles. The largest absolute Gasteiger partial charge is 0.370 e. The molecule has 0 fully saturated rings. The highest BCUT2D eigenvalue weighted by Crippen LogP contribution is 1.95. The van der Waals surface area contributed by atoms with Gasteiger partial charge < -0.3 is 16.4 Å². The van der Waals surface area contributed by atoms with Gasteiger partial charge in [0.2, 0.25) is 5.91 Å². The van der Waals surface area contributed by atoms with E-state index in [1.54, 1.807) is 0 Å². The van der Waals surface area contributed by atoms with Crippen molar-refractivity contribution < 1.29 is 4.79 Å². The van der Waals surface area contributed by atoms with Crippen molar-refractivity contribution in [3.05, 3.63) is 0 Å². The number of hydrogen-bond donors (Lipinski definition) is 3. The van der Waals surface area contributed by atoms with E-state index in [9.17, 15) is 4.79 Å². The van der Waals surface area contributed by atoms with Crippen molar-refractivity contribution in [2.45, 2.75) is 27.2 Å². The number of likely N-dealkylation sites (N-methyl/N-ethyl adjacent to an activating group) is 1.